The highest BCUT2D eigenvalue weighted by atomic mass is 28.4. The number of hydrogen-bond acceptors (Lipinski definition) is 5. The highest BCUT2D eigenvalue weighted by Crippen LogP contribution is 2.37. The van der Waals surface area contributed by atoms with E-state index in [2.05, 4.69) is 44.3 Å². The first-order valence-electron chi connectivity index (χ1n) is 10.2. The Labute approximate surface area is 181 Å². The molecule has 0 spiro atoms. The first-order valence-corrected chi connectivity index (χ1v) is 13.1. The Morgan fingerprint density at radius 1 is 1.13 bits per heavy atom. The summed E-state index contributed by atoms with van der Waals surface area (Å²) in [4.78, 5) is 24.2. The number of ether oxygens (including phenoxy) is 1. The Morgan fingerprint density at radius 3 is 2.07 bits per heavy atom. The van der Waals surface area contributed by atoms with Crippen molar-refractivity contribution < 1.29 is 23.9 Å². The van der Waals surface area contributed by atoms with Crippen LogP contribution in [0.1, 0.15) is 72.8 Å². The van der Waals surface area contributed by atoms with Crippen LogP contribution in [0.4, 0.5) is 4.79 Å². The molecule has 1 amide bonds. The van der Waals surface area contributed by atoms with Crippen LogP contribution in [0, 0.1) is 5.41 Å². The molecule has 0 aliphatic carbocycles. The quantitative estimate of drug-likeness (QED) is 0.608. The molecule has 1 unspecified atom stereocenters. The standard InChI is InChI=1S/C21H39N3O5Si/c1-19(2,3)15(22-18(27)28-20(4,5)6)13-24-14(17(25)26)12-16(23-24)29-30(10,11)21(7,8)9/h12,15H,13H2,1-11H3,(H,22,27)(H,25,26). The first-order chi connectivity index (χ1) is 13.2. The Morgan fingerprint density at radius 2 is 1.67 bits per heavy atom. The van der Waals surface area contributed by atoms with Gasteiger partial charge in [-0.05, 0) is 44.3 Å². The Hall–Kier alpha value is -2.03. The molecule has 1 rings (SSSR count). The SMILES string of the molecule is CC(C)(C)OC(=O)NC(Cn1nc(O[Si](C)(C)C(C)(C)C)cc1C(=O)O)C(C)(C)C. The lowest BCUT2D eigenvalue weighted by atomic mass is 9.86. The highest BCUT2D eigenvalue weighted by molar-refractivity contribution is 6.74. The third-order valence-corrected chi connectivity index (χ3v) is 9.57. The molecule has 1 aromatic heterocycles. The fourth-order valence-corrected chi connectivity index (χ4v) is 3.26. The van der Waals surface area contributed by atoms with Gasteiger partial charge in [0.2, 0.25) is 5.88 Å². The molecule has 0 aliphatic heterocycles. The summed E-state index contributed by atoms with van der Waals surface area (Å²) in [5.74, 6) is -0.804. The minimum atomic E-state index is -2.18. The largest absolute Gasteiger partial charge is 0.530 e. The van der Waals surface area contributed by atoms with Gasteiger partial charge in [-0.1, -0.05) is 41.5 Å². The summed E-state index contributed by atoms with van der Waals surface area (Å²) in [5.41, 5.74) is -0.975. The van der Waals surface area contributed by atoms with Crippen molar-refractivity contribution in [1.82, 2.24) is 15.1 Å². The number of aromatic nitrogens is 2. The molecule has 1 aromatic rings. The summed E-state index contributed by atoms with van der Waals surface area (Å²) in [6.45, 7) is 21.9. The van der Waals surface area contributed by atoms with Crippen molar-refractivity contribution in [2.45, 2.75) is 98.6 Å². The predicted octanol–water partition coefficient (Wildman–Crippen LogP) is 4.90. The molecule has 1 atom stereocenters. The predicted molar refractivity (Wildman–Crippen MR) is 120 cm³/mol. The van der Waals surface area contributed by atoms with Crippen LogP contribution in [0.5, 0.6) is 5.88 Å². The van der Waals surface area contributed by atoms with Crippen molar-refractivity contribution in [3.05, 3.63) is 11.8 Å². The number of aromatic carboxylic acids is 1. The molecule has 2 N–H and O–H groups in total. The van der Waals surface area contributed by atoms with Crippen LogP contribution in [0.15, 0.2) is 6.07 Å². The molecule has 0 fully saturated rings. The zero-order valence-corrected chi connectivity index (χ0v) is 21.3. The van der Waals surface area contributed by atoms with E-state index < -0.39 is 32.0 Å². The van der Waals surface area contributed by atoms with E-state index in [9.17, 15) is 14.7 Å². The summed E-state index contributed by atoms with van der Waals surface area (Å²) < 4.78 is 12.9. The van der Waals surface area contributed by atoms with Crippen molar-refractivity contribution in [2.24, 2.45) is 5.41 Å². The molecule has 0 saturated carbocycles. The molecule has 9 heteroatoms. The number of carboxylic acids is 1. The van der Waals surface area contributed by atoms with Gasteiger partial charge in [0.05, 0.1) is 12.6 Å². The van der Waals surface area contributed by atoms with Gasteiger partial charge in [0.15, 0.2) is 0 Å². The van der Waals surface area contributed by atoms with Gasteiger partial charge in [0.1, 0.15) is 11.3 Å². The third-order valence-electron chi connectivity index (χ3n) is 5.23. The topological polar surface area (TPSA) is 103 Å². The van der Waals surface area contributed by atoms with Crippen LogP contribution in [0.2, 0.25) is 18.1 Å². The number of carboxylic acid groups (broad SMARTS) is 1. The maximum Gasteiger partial charge on any atom is 0.407 e. The smallest absolute Gasteiger partial charge is 0.407 e. The maximum atomic E-state index is 12.3. The van der Waals surface area contributed by atoms with Gasteiger partial charge in [0, 0.05) is 6.07 Å². The molecule has 0 aromatic carbocycles. The van der Waals surface area contributed by atoms with Crippen LogP contribution >= 0.6 is 0 Å². The van der Waals surface area contributed by atoms with Crippen LogP contribution in [-0.2, 0) is 11.3 Å². The molecular weight excluding hydrogens is 402 g/mol. The average molecular weight is 442 g/mol. The minimum absolute atomic E-state index is 0.0175. The van der Waals surface area contributed by atoms with E-state index >= 15 is 0 Å². The lowest BCUT2D eigenvalue weighted by molar-refractivity contribution is 0.0451. The zero-order chi connectivity index (χ0) is 23.7. The van der Waals surface area contributed by atoms with Crippen LogP contribution in [-0.4, -0.2) is 46.9 Å². The molecule has 8 nitrogen and oxygen atoms in total. The van der Waals surface area contributed by atoms with E-state index in [1.165, 1.54) is 10.7 Å². The number of nitrogens with zero attached hydrogens (tertiary/aromatic N) is 2. The maximum absolute atomic E-state index is 12.3. The fraction of sp³-hybridized carbons (Fsp3) is 0.762. The van der Waals surface area contributed by atoms with Crippen LogP contribution in [0.3, 0.4) is 0 Å². The Kier molecular flexibility index (Phi) is 7.46. The van der Waals surface area contributed by atoms with Crippen molar-refractivity contribution >= 4 is 20.4 Å². The molecule has 0 radical (unpaired) electrons. The molecule has 0 bridgehead atoms. The normalized spacial score (nSPS) is 14.2. The van der Waals surface area contributed by atoms with E-state index in [4.69, 9.17) is 9.16 Å². The summed E-state index contributed by atoms with van der Waals surface area (Å²) in [5, 5.41) is 16.9. The number of rotatable bonds is 6. The molecule has 0 aliphatic rings. The number of carbonyl (C=O) groups is 2. The monoisotopic (exact) mass is 441 g/mol. The number of carbonyl (C=O) groups excluding carboxylic acids is 1. The van der Waals surface area contributed by atoms with Crippen molar-refractivity contribution in [3.8, 4) is 5.88 Å². The lowest BCUT2D eigenvalue weighted by Crippen LogP contribution is -2.48. The van der Waals surface area contributed by atoms with Gasteiger partial charge in [-0.25, -0.2) is 9.59 Å². The molecule has 0 saturated heterocycles. The van der Waals surface area contributed by atoms with Gasteiger partial charge in [0.25, 0.3) is 8.32 Å². The van der Waals surface area contributed by atoms with Crippen LogP contribution < -0.4 is 9.74 Å². The average Bonchev–Trinajstić information content (AvgIpc) is 2.84. The first kappa shape index (κ1) is 26.0. The second kappa shape index (κ2) is 8.61. The number of alkyl carbamates (subject to hydrolysis) is 1. The van der Waals surface area contributed by atoms with Crippen molar-refractivity contribution in [3.63, 3.8) is 0 Å². The van der Waals surface area contributed by atoms with Gasteiger partial charge in [-0.15, -0.1) is 5.10 Å². The highest BCUT2D eigenvalue weighted by Gasteiger charge is 2.40. The third kappa shape index (κ3) is 7.34. The molecule has 30 heavy (non-hydrogen) atoms. The molecule has 1 heterocycles. The van der Waals surface area contributed by atoms with Crippen LogP contribution in [0.25, 0.3) is 0 Å². The summed E-state index contributed by atoms with van der Waals surface area (Å²) in [6.07, 6.45) is -0.552. The summed E-state index contributed by atoms with van der Waals surface area (Å²) >= 11 is 0. The van der Waals surface area contributed by atoms with E-state index in [0.29, 0.717) is 5.88 Å². The van der Waals surface area contributed by atoms with Crippen molar-refractivity contribution in [1.29, 1.82) is 0 Å². The van der Waals surface area contributed by atoms with E-state index in [0.717, 1.165) is 0 Å². The number of nitrogens with one attached hydrogen (secondary N) is 1. The fourth-order valence-electron chi connectivity index (χ4n) is 2.33. The van der Waals surface area contributed by atoms with E-state index in [-0.39, 0.29) is 22.7 Å². The Balaban J connectivity index is 3.19. The van der Waals surface area contributed by atoms with Gasteiger partial charge in [-0.3, -0.25) is 4.68 Å². The second-order valence-electron chi connectivity index (χ2n) is 11.3. The Bertz CT molecular complexity index is 767. The van der Waals surface area contributed by atoms with E-state index in [1.54, 1.807) is 20.8 Å². The summed E-state index contributed by atoms with van der Waals surface area (Å²) in [6, 6.07) is 1.04. The van der Waals surface area contributed by atoms with E-state index in [1.807, 2.05) is 20.8 Å². The number of amides is 1. The second-order valence-corrected chi connectivity index (χ2v) is 16.0. The number of hydrogen-bond donors (Lipinski definition) is 2. The van der Waals surface area contributed by atoms with Gasteiger partial charge in [-0.2, -0.15) is 0 Å². The summed E-state index contributed by atoms with van der Waals surface area (Å²) in [7, 11) is -2.18. The molecule has 172 valence electrons. The zero-order valence-electron chi connectivity index (χ0n) is 20.3. The van der Waals surface area contributed by atoms with Gasteiger partial charge < -0.3 is 19.6 Å². The van der Waals surface area contributed by atoms with Crippen molar-refractivity contribution in [2.75, 3.05) is 0 Å². The minimum Gasteiger partial charge on any atom is -0.530 e. The van der Waals surface area contributed by atoms with Gasteiger partial charge >= 0.3 is 12.1 Å². The lowest BCUT2D eigenvalue weighted by Gasteiger charge is -2.35. The molecular formula is C21H39N3O5Si.